The van der Waals surface area contributed by atoms with E-state index in [4.69, 9.17) is 4.52 Å². The van der Waals surface area contributed by atoms with Gasteiger partial charge in [0, 0.05) is 25.6 Å². The molecule has 0 atom stereocenters. The molecule has 2 aromatic heterocycles. The number of rotatable bonds is 5. The van der Waals surface area contributed by atoms with Crippen LogP contribution < -0.4 is 10.2 Å². The molecular formula is C21H25N5O2. The van der Waals surface area contributed by atoms with E-state index in [9.17, 15) is 4.79 Å². The molecule has 4 rings (SSSR count). The molecule has 7 nitrogen and oxygen atoms in total. The fourth-order valence-corrected chi connectivity index (χ4v) is 3.73. The molecule has 1 N–H and O–H groups in total. The number of amides is 1. The second-order valence-corrected chi connectivity index (χ2v) is 7.43. The van der Waals surface area contributed by atoms with Crippen LogP contribution in [0.4, 0.5) is 5.82 Å². The number of carbonyl (C=O) groups excluding carboxylic acids is 1. The largest absolute Gasteiger partial charge is 0.356 e. The van der Waals surface area contributed by atoms with Gasteiger partial charge in [-0.15, -0.1) is 0 Å². The predicted molar refractivity (Wildman–Crippen MR) is 107 cm³/mol. The summed E-state index contributed by atoms with van der Waals surface area (Å²) in [5.74, 6) is 1.05. The monoisotopic (exact) mass is 379 g/mol. The molecule has 0 radical (unpaired) electrons. The highest BCUT2D eigenvalue weighted by molar-refractivity contribution is 5.88. The molecular weight excluding hydrogens is 354 g/mol. The van der Waals surface area contributed by atoms with Crippen molar-refractivity contribution in [3.05, 3.63) is 47.4 Å². The Hall–Kier alpha value is -2.96. The van der Waals surface area contributed by atoms with Crippen molar-refractivity contribution in [3.8, 4) is 0 Å². The first kappa shape index (κ1) is 18.4. The number of benzene rings is 1. The highest BCUT2D eigenvalue weighted by atomic mass is 16.5. The average molecular weight is 379 g/mol. The summed E-state index contributed by atoms with van der Waals surface area (Å²) in [5.41, 5.74) is 3.81. The van der Waals surface area contributed by atoms with Gasteiger partial charge in [0.15, 0.2) is 0 Å². The highest BCUT2D eigenvalue weighted by Crippen LogP contribution is 2.29. The van der Waals surface area contributed by atoms with E-state index < -0.39 is 0 Å². The Morgan fingerprint density at radius 1 is 1.18 bits per heavy atom. The fourth-order valence-electron chi connectivity index (χ4n) is 3.73. The van der Waals surface area contributed by atoms with E-state index in [2.05, 4.69) is 56.5 Å². The number of nitrogens with one attached hydrogen (secondary N) is 1. The Kier molecular flexibility index (Phi) is 5.23. The van der Waals surface area contributed by atoms with Gasteiger partial charge in [0.1, 0.15) is 17.5 Å². The molecule has 1 aromatic carbocycles. The third kappa shape index (κ3) is 3.83. The third-order valence-electron chi connectivity index (χ3n) is 5.42. The minimum absolute atomic E-state index is 0.0511. The van der Waals surface area contributed by atoms with Crippen LogP contribution >= 0.6 is 0 Å². The molecule has 0 saturated carbocycles. The molecule has 146 valence electrons. The molecule has 1 aliphatic heterocycles. The number of nitrogens with zero attached hydrogens (tertiary/aromatic N) is 4. The minimum Gasteiger partial charge on any atom is -0.356 e. The maximum absolute atomic E-state index is 12.5. The van der Waals surface area contributed by atoms with Gasteiger partial charge >= 0.3 is 0 Å². The molecule has 1 fully saturated rings. The van der Waals surface area contributed by atoms with E-state index in [1.807, 2.05) is 6.92 Å². The zero-order valence-electron chi connectivity index (χ0n) is 16.3. The van der Waals surface area contributed by atoms with Crippen molar-refractivity contribution in [2.24, 2.45) is 5.92 Å². The zero-order valence-corrected chi connectivity index (χ0v) is 16.3. The Morgan fingerprint density at radius 2 is 1.93 bits per heavy atom. The second-order valence-electron chi connectivity index (χ2n) is 7.43. The molecule has 1 saturated heterocycles. The van der Waals surface area contributed by atoms with E-state index in [1.54, 1.807) is 0 Å². The maximum Gasteiger partial charge on any atom is 0.263 e. The molecule has 0 unspecified atom stereocenters. The summed E-state index contributed by atoms with van der Waals surface area (Å²) in [4.78, 5) is 23.3. The van der Waals surface area contributed by atoms with Crippen LogP contribution in [0.5, 0.6) is 0 Å². The van der Waals surface area contributed by atoms with Crippen molar-refractivity contribution in [3.63, 3.8) is 0 Å². The molecule has 0 aliphatic carbocycles. The first-order valence-corrected chi connectivity index (χ1v) is 9.77. The maximum atomic E-state index is 12.5. The summed E-state index contributed by atoms with van der Waals surface area (Å²) >= 11 is 0. The lowest BCUT2D eigenvalue weighted by molar-refractivity contribution is -0.125. The second kappa shape index (κ2) is 7.96. The Balaban J connectivity index is 1.30. The van der Waals surface area contributed by atoms with E-state index >= 15 is 0 Å². The van der Waals surface area contributed by atoms with Crippen LogP contribution in [-0.4, -0.2) is 40.7 Å². The number of carbonyl (C=O) groups is 1. The molecule has 1 aliphatic rings. The van der Waals surface area contributed by atoms with Crippen LogP contribution in [-0.2, 0) is 11.2 Å². The Labute approximate surface area is 164 Å². The zero-order chi connectivity index (χ0) is 19.5. The Morgan fingerprint density at radius 3 is 2.68 bits per heavy atom. The van der Waals surface area contributed by atoms with Crippen molar-refractivity contribution in [2.75, 3.05) is 24.5 Å². The summed E-state index contributed by atoms with van der Waals surface area (Å²) < 4.78 is 5.23. The topological polar surface area (TPSA) is 84.2 Å². The molecule has 0 bridgehead atoms. The summed E-state index contributed by atoms with van der Waals surface area (Å²) in [6.07, 6.45) is 3.99. The summed E-state index contributed by atoms with van der Waals surface area (Å²) in [6.45, 7) is 6.22. The first-order valence-electron chi connectivity index (χ1n) is 9.77. The summed E-state index contributed by atoms with van der Waals surface area (Å²) in [5, 5.41) is 7.95. The lowest BCUT2D eigenvalue weighted by Crippen LogP contribution is -2.41. The van der Waals surface area contributed by atoms with Crippen molar-refractivity contribution in [2.45, 2.75) is 33.1 Å². The highest BCUT2D eigenvalue weighted by Gasteiger charge is 2.27. The van der Waals surface area contributed by atoms with Crippen LogP contribution in [0, 0.1) is 19.8 Å². The van der Waals surface area contributed by atoms with Gasteiger partial charge in [-0.3, -0.25) is 4.79 Å². The number of aryl methyl sites for hydroxylation is 2. The minimum atomic E-state index is 0.0511. The van der Waals surface area contributed by atoms with Crippen molar-refractivity contribution in [1.82, 2.24) is 20.4 Å². The van der Waals surface area contributed by atoms with E-state index in [0.29, 0.717) is 12.3 Å². The number of hydrogen-bond acceptors (Lipinski definition) is 6. The smallest absolute Gasteiger partial charge is 0.263 e. The summed E-state index contributed by atoms with van der Waals surface area (Å²) in [6, 6.07) is 8.45. The lowest BCUT2D eigenvalue weighted by Gasteiger charge is -2.32. The summed E-state index contributed by atoms with van der Waals surface area (Å²) in [7, 11) is 0. The molecule has 28 heavy (non-hydrogen) atoms. The van der Waals surface area contributed by atoms with Crippen LogP contribution in [0.3, 0.4) is 0 Å². The SMILES string of the molecule is Cc1ccc(CCNC(=O)C2CCN(c3ncnc4onc(C)c34)CC2)cc1. The van der Waals surface area contributed by atoms with E-state index in [1.165, 1.54) is 17.5 Å². The van der Waals surface area contributed by atoms with Gasteiger partial charge in [-0.1, -0.05) is 35.0 Å². The lowest BCUT2D eigenvalue weighted by atomic mass is 9.95. The van der Waals surface area contributed by atoms with Gasteiger partial charge in [0.05, 0.1) is 5.69 Å². The van der Waals surface area contributed by atoms with Crippen molar-refractivity contribution in [1.29, 1.82) is 0 Å². The van der Waals surface area contributed by atoms with Gasteiger partial charge in [-0.2, -0.15) is 4.98 Å². The Bertz CT molecular complexity index is 959. The van der Waals surface area contributed by atoms with Gasteiger partial charge in [0.25, 0.3) is 5.71 Å². The van der Waals surface area contributed by atoms with E-state index in [-0.39, 0.29) is 11.8 Å². The van der Waals surface area contributed by atoms with Crippen molar-refractivity contribution < 1.29 is 9.32 Å². The first-order chi connectivity index (χ1) is 13.6. The van der Waals surface area contributed by atoms with E-state index in [0.717, 1.165) is 49.2 Å². The van der Waals surface area contributed by atoms with Crippen LogP contribution in [0.2, 0.25) is 0 Å². The van der Waals surface area contributed by atoms with Crippen LogP contribution in [0.25, 0.3) is 11.1 Å². The van der Waals surface area contributed by atoms with Crippen LogP contribution in [0.15, 0.2) is 35.1 Å². The average Bonchev–Trinajstić information content (AvgIpc) is 3.11. The normalized spacial score (nSPS) is 15.1. The third-order valence-corrected chi connectivity index (χ3v) is 5.42. The quantitative estimate of drug-likeness (QED) is 0.734. The number of piperidine rings is 1. The van der Waals surface area contributed by atoms with Gasteiger partial charge < -0.3 is 14.7 Å². The fraction of sp³-hybridized carbons (Fsp3) is 0.429. The van der Waals surface area contributed by atoms with Crippen LogP contribution in [0.1, 0.15) is 29.7 Å². The number of fused-ring (bicyclic) bond motifs is 1. The van der Waals surface area contributed by atoms with Gasteiger partial charge in [-0.25, -0.2) is 4.98 Å². The molecule has 3 heterocycles. The van der Waals surface area contributed by atoms with Gasteiger partial charge in [-0.05, 0) is 38.7 Å². The number of hydrogen-bond donors (Lipinski definition) is 1. The molecule has 3 aromatic rings. The molecule has 0 spiro atoms. The molecule has 7 heteroatoms. The number of aromatic nitrogens is 3. The van der Waals surface area contributed by atoms with Gasteiger partial charge in [0.2, 0.25) is 5.91 Å². The predicted octanol–water partition coefficient (Wildman–Crippen LogP) is 2.81. The van der Waals surface area contributed by atoms with Crippen molar-refractivity contribution >= 4 is 22.8 Å². The molecule has 1 amide bonds. The number of anilines is 1. The standard InChI is InChI=1S/C21H25N5O2/c1-14-3-5-16(6-4-14)7-10-22-20(27)17-8-11-26(12-9-17)19-18-15(2)25-28-21(18)24-13-23-19/h3-6,13,17H,7-12H2,1-2H3,(H,22,27).